The Hall–Kier alpha value is -3.36. The van der Waals surface area contributed by atoms with E-state index in [-0.39, 0.29) is 17.9 Å². The summed E-state index contributed by atoms with van der Waals surface area (Å²) in [5, 5.41) is 13.9. The van der Waals surface area contributed by atoms with Crippen molar-refractivity contribution in [3.05, 3.63) is 71.8 Å². The molecule has 3 aliphatic carbocycles. The number of nitrogens with one attached hydrogen (secondary N) is 1. The molecule has 8 heteroatoms. The molecule has 0 spiro atoms. The quantitative estimate of drug-likeness (QED) is 0.375. The van der Waals surface area contributed by atoms with Gasteiger partial charge in [0, 0.05) is 17.8 Å². The van der Waals surface area contributed by atoms with E-state index in [0.29, 0.717) is 24.2 Å². The number of hydrogen-bond donors (Lipinski definition) is 2. The third kappa shape index (κ3) is 3.20. The molecule has 2 N–H and O–H groups in total. The lowest BCUT2D eigenvalue weighted by Gasteiger charge is -2.45. The van der Waals surface area contributed by atoms with Gasteiger partial charge >= 0.3 is 12.1 Å². The number of alkyl carbamates (subject to hydrolysis) is 1. The van der Waals surface area contributed by atoms with Crippen molar-refractivity contribution in [1.29, 1.82) is 0 Å². The minimum absolute atomic E-state index is 0.115. The molecule has 1 aliphatic heterocycles. The van der Waals surface area contributed by atoms with Gasteiger partial charge in [-0.3, -0.25) is 0 Å². The van der Waals surface area contributed by atoms with E-state index < -0.39 is 46.9 Å². The van der Waals surface area contributed by atoms with Gasteiger partial charge in [0.15, 0.2) is 6.10 Å². The van der Waals surface area contributed by atoms with Crippen LogP contribution in [0, 0.1) is 16.7 Å². The first-order valence-electron chi connectivity index (χ1n) is 13.9. The van der Waals surface area contributed by atoms with Crippen molar-refractivity contribution in [3.63, 3.8) is 0 Å². The number of epoxide rings is 1. The summed E-state index contributed by atoms with van der Waals surface area (Å²) < 4.78 is 23.2. The molecule has 2 aromatic carbocycles. The van der Waals surface area contributed by atoms with Crippen LogP contribution in [-0.2, 0) is 24.6 Å². The maximum atomic E-state index is 13.6. The van der Waals surface area contributed by atoms with Crippen LogP contribution in [0.25, 0.3) is 5.57 Å². The van der Waals surface area contributed by atoms with E-state index in [1.165, 1.54) is 5.56 Å². The number of benzene rings is 2. The van der Waals surface area contributed by atoms with E-state index in [2.05, 4.69) is 44.8 Å². The zero-order chi connectivity index (χ0) is 28.7. The molecule has 2 aromatic rings. The summed E-state index contributed by atoms with van der Waals surface area (Å²) in [6.07, 6.45) is -1.60. The Balaban J connectivity index is 1.29. The van der Waals surface area contributed by atoms with E-state index in [9.17, 15) is 14.7 Å². The van der Waals surface area contributed by atoms with Gasteiger partial charge in [-0.15, -0.1) is 0 Å². The molecule has 2 bridgehead atoms. The van der Waals surface area contributed by atoms with Gasteiger partial charge in [-0.25, -0.2) is 9.59 Å². The van der Waals surface area contributed by atoms with Crippen LogP contribution >= 0.6 is 0 Å². The van der Waals surface area contributed by atoms with Crippen LogP contribution in [0.15, 0.2) is 55.1 Å². The lowest BCUT2D eigenvalue weighted by molar-refractivity contribution is -0.172. The third-order valence-electron chi connectivity index (χ3n) is 10.5. The molecule has 1 heterocycles. The van der Waals surface area contributed by atoms with Gasteiger partial charge in [0.1, 0.15) is 23.1 Å². The summed E-state index contributed by atoms with van der Waals surface area (Å²) in [6, 6.07) is 14.0. The second-order valence-corrected chi connectivity index (χ2v) is 12.2. The first-order valence-corrected chi connectivity index (χ1v) is 13.9. The minimum atomic E-state index is -1.66. The van der Waals surface area contributed by atoms with Crippen molar-refractivity contribution in [3.8, 4) is 5.75 Å². The average Bonchev–Trinajstić information content (AvgIpc) is 3.57. The number of aliphatic hydroxyl groups excluding tert-OH is 1. The summed E-state index contributed by atoms with van der Waals surface area (Å²) in [5.74, 6) is -0.0789. The van der Waals surface area contributed by atoms with Crippen molar-refractivity contribution in [2.24, 2.45) is 16.7 Å². The maximum absolute atomic E-state index is 13.6. The molecule has 2 saturated carbocycles. The normalized spacial score (nSPS) is 33.6. The smallest absolute Gasteiger partial charge is 0.407 e. The Morgan fingerprint density at radius 3 is 2.52 bits per heavy atom. The van der Waals surface area contributed by atoms with E-state index in [1.807, 2.05) is 12.1 Å². The van der Waals surface area contributed by atoms with Gasteiger partial charge in [0.05, 0.1) is 19.8 Å². The second kappa shape index (κ2) is 8.82. The van der Waals surface area contributed by atoms with Crippen molar-refractivity contribution < 1.29 is 33.6 Å². The summed E-state index contributed by atoms with van der Waals surface area (Å²) in [4.78, 5) is 25.9. The largest absolute Gasteiger partial charge is 0.497 e. The summed E-state index contributed by atoms with van der Waals surface area (Å²) in [7, 11) is 1.55. The molecule has 212 valence electrons. The van der Waals surface area contributed by atoms with Crippen LogP contribution in [0.3, 0.4) is 0 Å². The molecule has 6 rings (SSSR count). The van der Waals surface area contributed by atoms with Crippen LogP contribution < -0.4 is 10.1 Å². The fraction of sp³-hybridized carbons (Fsp3) is 0.500. The number of rotatable bonds is 7. The van der Waals surface area contributed by atoms with Crippen LogP contribution in [0.1, 0.15) is 63.3 Å². The van der Waals surface area contributed by atoms with Crippen molar-refractivity contribution >= 4 is 17.6 Å². The zero-order valence-corrected chi connectivity index (χ0v) is 23.7. The molecule has 1 unspecified atom stereocenters. The number of esters is 1. The Morgan fingerprint density at radius 2 is 1.85 bits per heavy atom. The highest BCUT2D eigenvalue weighted by Gasteiger charge is 2.95. The van der Waals surface area contributed by atoms with Gasteiger partial charge in [0.2, 0.25) is 0 Å². The number of ether oxygens (including phenoxy) is 4. The van der Waals surface area contributed by atoms with Crippen LogP contribution in [0.5, 0.6) is 5.75 Å². The standard InChI is InChI=1S/C32H37NO7/c1-7-38-28(36)33-25(19-12-14-20(37-6)15-13-19)26(34)27(35)39-24-16-23-29(3,4)30(24,5)31-17-18(2)21-10-8-9-11-22(21)32(23,31)40-31/h8-15,23-26,34H,2,7,16-17H2,1,3-6H3,(H,33,36)/t23-,24-,25+,26-,30-,31?,32+/m1/s1. The number of amides is 1. The van der Waals surface area contributed by atoms with Crippen LogP contribution in [0.4, 0.5) is 4.79 Å². The lowest BCUT2D eigenvalue weighted by Crippen LogP contribution is -2.53. The van der Waals surface area contributed by atoms with E-state index >= 15 is 0 Å². The monoisotopic (exact) mass is 547 g/mol. The summed E-state index contributed by atoms with van der Waals surface area (Å²) in [6.45, 7) is 12.8. The number of carbonyl (C=O) groups excluding carboxylic acids is 2. The highest BCUT2D eigenvalue weighted by Crippen LogP contribution is 2.89. The highest BCUT2D eigenvalue weighted by molar-refractivity contribution is 5.79. The molecule has 40 heavy (non-hydrogen) atoms. The van der Waals surface area contributed by atoms with Crippen molar-refractivity contribution in [1.82, 2.24) is 5.32 Å². The first-order chi connectivity index (χ1) is 19.0. The summed E-state index contributed by atoms with van der Waals surface area (Å²) in [5.41, 5.74) is 2.17. The minimum Gasteiger partial charge on any atom is -0.497 e. The third-order valence-corrected chi connectivity index (χ3v) is 10.5. The van der Waals surface area contributed by atoms with Crippen molar-refractivity contribution in [2.75, 3.05) is 13.7 Å². The second-order valence-electron chi connectivity index (χ2n) is 12.2. The Bertz CT molecular complexity index is 1390. The van der Waals surface area contributed by atoms with Gasteiger partial charge in [-0.2, -0.15) is 0 Å². The van der Waals surface area contributed by atoms with Crippen molar-refractivity contribution in [2.45, 2.75) is 70.0 Å². The number of methoxy groups -OCH3 is 1. The van der Waals surface area contributed by atoms with Crippen LogP contribution in [0.2, 0.25) is 0 Å². The van der Waals surface area contributed by atoms with Gasteiger partial charge in [-0.05, 0) is 53.2 Å². The SMILES string of the molecule is C=C1CC23O[C@@]2(c2ccccc21)[C@@H]1C[C@@H](OC(=O)[C@H](O)[C@@H](NC(=O)OCC)c2ccc(OC)cc2)[C@]3(C)C1(C)C. The molecule has 1 saturated heterocycles. The number of hydrogen-bond acceptors (Lipinski definition) is 7. The number of fused-ring (bicyclic) bond motifs is 3. The number of aliphatic hydroxyl groups is 1. The fourth-order valence-electron chi connectivity index (χ4n) is 8.36. The maximum Gasteiger partial charge on any atom is 0.407 e. The summed E-state index contributed by atoms with van der Waals surface area (Å²) >= 11 is 0. The van der Waals surface area contributed by atoms with Gasteiger partial charge in [-0.1, -0.05) is 63.7 Å². The number of carbonyl (C=O) groups is 2. The van der Waals surface area contributed by atoms with Gasteiger partial charge in [0.25, 0.3) is 0 Å². The Kier molecular flexibility index (Phi) is 5.92. The van der Waals surface area contributed by atoms with Gasteiger partial charge < -0.3 is 29.4 Å². The zero-order valence-electron chi connectivity index (χ0n) is 23.7. The predicted molar refractivity (Wildman–Crippen MR) is 147 cm³/mol. The van der Waals surface area contributed by atoms with Crippen LogP contribution in [-0.4, -0.2) is 48.7 Å². The van der Waals surface area contributed by atoms with E-state index in [1.54, 1.807) is 38.3 Å². The molecule has 0 aromatic heterocycles. The van der Waals surface area contributed by atoms with E-state index in [0.717, 1.165) is 11.1 Å². The van der Waals surface area contributed by atoms with E-state index in [4.69, 9.17) is 18.9 Å². The molecular weight excluding hydrogens is 510 g/mol. The molecule has 8 nitrogen and oxygen atoms in total. The molecule has 0 radical (unpaired) electrons. The molecule has 4 aliphatic rings. The molecule has 3 fully saturated rings. The highest BCUT2D eigenvalue weighted by atomic mass is 16.6. The molecule has 1 amide bonds. The topological polar surface area (TPSA) is 107 Å². The molecule has 7 atom stereocenters. The first kappa shape index (κ1) is 26.8. The lowest BCUT2D eigenvalue weighted by atomic mass is 9.59. The Labute approximate surface area is 234 Å². The fourth-order valence-corrected chi connectivity index (χ4v) is 8.36. The average molecular weight is 548 g/mol. The Morgan fingerprint density at radius 1 is 1.15 bits per heavy atom. The molecular formula is C32H37NO7. The predicted octanol–water partition coefficient (Wildman–Crippen LogP) is 4.90.